The van der Waals surface area contributed by atoms with E-state index in [2.05, 4.69) is 0 Å². The first kappa shape index (κ1) is 31.5. The third-order valence-electron chi connectivity index (χ3n) is 6.70. The lowest BCUT2D eigenvalue weighted by Crippen LogP contribution is -2.72. The first-order chi connectivity index (χ1) is 20.6. The summed E-state index contributed by atoms with van der Waals surface area (Å²) in [5.41, 5.74) is -2.11. The molecule has 1 saturated heterocycles. The summed E-state index contributed by atoms with van der Waals surface area (Å²) in [7, 11) is 0. The van der Waals surface area contributed by atoms with Crippen molar-refractivity contribution in [3.05, 3.63) is 108 Å². The van der Waals surface area contributed by atoms with E-state index in [1.54, 1.807) is 66.7 Å². The Morgan fingerprint density at radius 2 is 1.42 bits per heavy atom. The van der Waals surface area contributed by atoms with Crippen molar-refractivity contribution in [1.29, 1.82) is 0 Å². The summed E-state index contributed by atoms with van der Waals surface area (Å²) < 4.78 is 28.4. The van der Waals surface area contributed by atoms with Gasteiger partial charge in [-0.25, -0.2) is 9.59 Å². The largest absolute Gasteiger partial charge is 0.463 e. The van der Waals surface area contributed by atoms with Crippen LogP contribution in [0.4, 0.5) is 0 Å². The van der Waals surface area contributed by atoms with Crippen LogP contribution in [0, 0.1) is 0 Å². The average Bonchev–Trinajstić information content (AvgIpc) is 3.02. The Balaban J connectivity index is 1.85. The van der Waals surface area contributed by atoms with E-state index in [4.69, 9.17) is 23.7 Å². The van der Waals surface area contributed by atoms with Crippen LogP contribution in [-0.4, -0.2) is 76.8 Å². The Morgan fingerprint density at radius 1 is 0.860 bits per heavy atom. The predicted molar refractivity (Wildman–Crippen MR) is 149 cm³/mol. The van der Waals surface area contributed by atoms with Gasteiger partial charge >= 0.3 is 17.9 Å². The number of carbonyl (C=O) groups excluding carboxylic acids is 4. The summed E-state index contributed by atoms with van der Waals surface area (Å²) in [6.45, 7) is 1.72. The SMILES string of the molecule is CC(=O)OC[C@H]1O[C@@H](OC(=O)C(C)O)[C@@](O)(C(=O)c2ccccc2)[C@@H](OC(=O)c2ccccc2)[C@@H]1OCc1ccccc1. The molecule has 0 saturated carbocycles. The second kappa shape index (κ2) is 14.2. The number of Topliss-reactive ketones (excluding diaryl/α,β-unsaturated/α-hetero) is 1. The number of ether oxygens (including phenoxy) is 5. The van der Waals surface area contributed by atoms with Crippen molar-refractivity contribution in [2.75, 3.05) is 6.61 Å². The van der Waals surface area contributed by atoms with Gasteiger partial charge in [-0.1, -0.05) is 78.9 Å². The van der Waals surface area contributed by atoms with Crippen LogP contribution in [0.3, 0.4) is 0 Å². The minimum absolute atomic E-state index is 0.0206. The summed E-state index contributed by atoms with van der Waals surface area (Å²) in [5.74, 6) is -3.84. The molecule has 2 N–H and O–H groups in total. The Labute approximate surface area is 247 Å². The van der Waals surface area contributed by atoms with Gasteiger partial charge in [0.2, 0.25) is 17.7 Å². The van der Waals surface area contributed by atoms with Crippen molar-refractivity contribution >= 4 is 23.7 Å². The second-order valence-electron chi connectivity index (χ2n) is 9.90. The molecule has 11 heteroatoms. The maximum atomic E-state index is 14.1. The molecule has 0 aliphatic carbocycles. The fourth-order valence-corrected chi connectivity index (χ4v) is 4.51. The Morgan fingerprint density at radius 3 is 1.98 bits per heavy atom. The van der Waals surface area contributed by atoms with E-state index in [0.717, 1.165) is 13.8 Å². The zero-order valence-corrected chi connectivity index (χ0v) is 23.5. The lowest BCUT2D eigenvalue weighted by molar-refractivity contribution is -0.322. The van der Waals surface area contributed by atoms with Crippen molar-refractivity contribution in [1.82, 2.24) is 0 Å². The highest BCUT2D eigenvalue weighted by molar-refractivity contribution is 6.04. The number of hydrogen-bond donors (Lipinski definition) is 2. The normalized spacial score (nSPS) is 23.9. The fraction of sp³-hybridized carbons (Fsp3) is 0.312. The topological polar surface area (TPSA) is 155 Å². The zero-order chi connectivity index (χ0) is 31.0. The van der Waals surface area contributed by atoms with Gasteiger partial charge in [-0.3, -0.25) is 9.59 Å². The van der Waals surface area contributed by atoms with Gasteiger partial charge in [-0.15, -0.1) is 0 Å². The molecule has 6 atom stereocenters. The summed E-state index contributed by atoms with van der Waals surface area (Å²) in [6, 6.07) is 24.3. The number of hydrogen-bond acceptors (Lipinski definition) is 11. The zero-order valence-electron chi connectivity index (χ0n) is 23.5. The fourth-order valence-electron chi connectivity index (χ4n) is 4.51. The van der Waals surface area contributed by atoms with Gasteiger partial charge in [0.1, 0.15) is 24.9 Å². The summed E-state index contributed by atoms with van der Waals surface area (Å²) in [4.78, 5) is 51.8. The van der Waals surface area contributed by atoms with Crippen molar-refractivity contribution in [3.63, 3.8) is 0 Å². The number of carbonyl (C=O) groups is 4. The Hall–Kier alpha value is -4.42. The Kier molecular flexibility index (Phi) is 10.4. The van der Waals surface area contributed by atoms with Crippen molar-refractivity contribution in [2.24, 2.45) is 0 Å². The van der Waals surface area contributed by atoms with Gasteiger partial charge in [-0.05, 0) is 24.6 Å². The molecule has 1 unspecified atom stereocenters. The summed E-state index contributed by atoms with van der Waals surface area (Å²) in [6.07, 6.45) is -8.38. The van der Waals surface area contributed by atoms with Crippen LogP contribution in [0.15, 0.2) is 91.0 Å². The van der Waals surface area contributed by atoms with Gasteiger partial charge in [0.15, 0.2) is 6.10 Å². The van der Waals surface area contributed by atoms with E-state index in [1.807, 2.05) is 0 Å². The molecule has 3 aromatic rings. The van der Waals surface area contributed by atoms with Crippen LogP contribution in [0.5, 0.6) is 0 Å². The van der Waals surface area contributed by atoms with Crippen molar-refractivity contribution in [3.8, 4) is 0 Å². The van der Waals surface area contributed by atoms with Gasteiger partial charge < -0.3 is 33.9 Å². The highest BCUT2D eigenvalue weighted by Crippen LogP contribution is 2.38. The van der Waals surface area contributed by atoms with E-state index >= 15 is 0 Å². The third kappa shape index (κ3) is 7.51. The maximum absolute atomic E-state index is 14.1. The molecular weight excluding hydrogens is 560 g/mol. The molecule has 0 amide bonds. The van der Waals surface area contributed by atoms with Crippen molar-refractivity contribution in [2.45, 2.75) is 56.8 Å². The molecule has 226 valence electrons. The molecule has 11 nitrogen and oxygen atoms in total. The Bertz CT molecular complexity index is 1390. The number of benzene rings is 3. The quantitative estimate of drug-likeness (QED) is 0.192. The smallest absolute Gasteiger partial charge is 0.338 e. The van der Waals surface area contributed by atoms with Crippen LogP contribution in [-0.2, 0) is 39.9 Å². The van der Waals surface area contributed by atoms with Crippen LogP contribution < -0.4 is 0 Å². The molecule has 43 heavy (non-hydrogen) atoms. The van der Waals surface area contributed by atoms with Crippen LogP contribution in [0.1, 0.15) is 40.1 Å². The van der Waals surface area contributed by atoms with Crippen LogP contribution in [0.25, 0.3) is 0 Å². The number of aliphatic hydroxyl groups is 2. The molecule has 0 bridgehead atoms. The molecule has 4 rings (SSSR count). The van der Waals surface area contributed by atoms with E-state index < -0.39 is 66.6 Å². The monoisotopic (exact) mass is 592 g/mol. The number of ketones is 1. The standard InChI is InChI=1S/C32H32O11/c1-20(33)29(36)43-31-32(38,27(35)23-14-8-4-9-15-23)28(42-30(37)24-16-10-5-11-17-24)26(25(41-31)19-39-21(2)34)40-18-22-12-6-3-7-13-22/h3-17,20,25-26,28,31,33,38H,18-19H2,1-2H3/t20?,25-,26-,28+,31+,32-/m1/s1. The number of aliphatic hydroxyl groups excluding tert-OH is 1. The summed E-state index contributed by atoms with van der Waals surface area (Å²) >= 11 is 0. The minimum Gasteiger partial charge on any atom is -0.463 e. The molecular formula is C32H32O11. The minimum atomic E-state index is -2.88. The van der Waals surface area contributed by atoms with Gasteiger partial charge in [0, 0.05) is 12.5 Å². The molecule has 3 aromatic carbocycles. The predicted octanol–water partition coefficient (Wildman–Crippen LogP) is 2.62. The average molecular weight is 593 g/mol. The van der Waals surface area contributed by atoms with Gasteiger partial charge in [0.25, 0.3) is 0 Å². The molecule has 1 aliphatic rings. The molecule has 1 aliphatic heterocycles. The number of esters is 3. The lowest BCUT2D eigenvalue weighted by Gasteiger charge is -2.48. The first-order valence-electron chi connectivity index (χ1n) is 13.5. The maximum Gasteiger partial charge on any atom is 0.338 e. The lowest BCUT2D eigenvalue weighted by atomic mass is 9.80. The third-order valence-corrected chi connectivity index (χ3v) is 6.70. The highest BCUT2D eigenvalue weighted by Gasteiger charge is 2.64. The van der Waals surface area contributed by atoms with Crippen LogP contribution in [0.2, 0.25) is 0 Å². The first-order valence-corrected chi connectivity index (χ1v) is 13.5. The molecule has 1 heterocycles. The van der Waals surface area contributed by atoms with E-state index in [-0.39, 0.29) is 17.7 Å². The molecule has 0 aromatic heterocycles. The van der Waals surface area contributed by atoms with Gasteiger partial charge in [-0.2, -0.15) is 0 Å². The van der Waals surface area contributed by atoms with E-state index in [0.29, 0.717) is 5.56 Å². The highest BCUT2D eigenvalue weighted by atomic mass is 16.7. The molecule has 0 spiro atoms. The van der Waals surface area contributed by atoms with E-state index in [1.165, 1.54) is 24.3 Å². The van der Waals surface area contributed by atoms with Crippen molar-refractivity contribution < 1.29 is 53.1 Å². The van der Waals surface area contributed by atoms with Crippen LogP contribution >= 0.6 is 0 Å². The molecule has 0 radical (unpaired) electrons. The van der Waals surface area contributed by atoms with Gasteiger partial charge in [0.05, 0.1) is 12.2 Å². The summed E-state index contributed by atoms with van der Waals surface area (Å²) in [5, 5.41) is 22.2. The van der Waals surface area contributed by atoms with E-state index in [9.17, 15) is 29.4 Å². The second-order valence-corrected chi connectivity index (χ2v) is 9.90. The molecule has 1 fully saturated rings. The number of rotatable bonds is 11.